The van der Waals surface area contributed by atoms with E-state index in [1.54, 1.807) is 0 Å². The lowest BCUT2D eigenvalue weighted by Crippen LogP contribution is -2.42. The van der Waals surface area contributed by atoms with Crippen LogP contribution in [0.15, 0.2) is 11.8 Å². The Hall–Kier alpha value is -0.830. The van der Waals surface area contributed by atoms with Crippen LogP contribution in [0.4, 0.5) is 0 Å². The standard InChI is InChI=1S/C14H22O3/c1-2-17-14(9-5-3-4-6-10-14)13(15)12-8-7-11-16-12/h8H,2-7,9-11H2,1H3. The fraction of sp³-hybridized carbons (Fsp3) is 0.786. The number of ketones is 1. The highest BCUT2D eigenvalue weighted by Gasteiger charge is 2.42. The summed E-state index contributed by atoms with van der Waals surface area (Å²) in [5, 5.41) is 0. The highest BCUT2D eigenvalue weighted by atomic mass is 16.5. The summed E-state index contributed by atoms with van der Waals surface area (Å²) in [6.45, 7) is 3.20. The van der Waals surface area contributed by atoms with Gasteiger partial charge in [-0.25, -0.2) is 0 Å². The van der Waals surface area contributed by atoms with Crippen LogP contribution in [0.2, 0.25) is 0 Å². The molecule has 0 aromatic carbocycles. The van der Waals surface area contributed by atoms with E-state index in [2.05, 4.69) is 0 Å². The SMILES string of the molecule is CCOC1(C(=O)C2=CCCO2)CCCCCC1. The predicted molar refractivity (Wildman–Crippen MR) is 65.7 cm³/mol. The van der Waals surface area contributed by atoms with Crippen LogP contribution in [0.5, 0.6) is 0 Å². The second-order valence-electron chi connectivity index (χ2n) is 4.88. The third-order valence-corrected chi connectivity index (χ3v) is 3.67. The molecule has 2 rings (SSSR count). The molecule has 96 valence electrons. The quantitative estimate of drug-likeness (QED) is 0.706. The Morgan fingerprint density at radius 1 is 1.35 bits per heavy atom. The summed E-state index contributed by atoms with van der Waals surface area (Å²) in [4.78, 5) is 12.5. The first-order valence-corrected chi connectivity index (χ1v) is 6.80. The number of hydrogen-bond acceptors (Lipinski definition) is 3. The van der Waals surface area contributed by atoms with Gasteiger partial charge in [-0.05, 0) is 25.8 Å². The third-order valence-electron chi connectivity index (χ3n) is 3.67. The van der Waals surface area contributed by atoms with Gasteiger partial charge in [0.25, 0.3) is 0 Å². The van der Waals surface area contributed by atoms with Crippen LogP contribution in [-0.4, -0.2) is 24.6 Å². The maximum atomic E-state index is 12.5. The number of hydrogen-bond donors (Lipinski definition) is 0. The van der Waals surface area contributed by atoms with Gasteiger partial charge in [-0.2, -0.15) is 0 Å². The van der Waals surface area contributed by atoms with Gasteiger partial charge in [0.05, 0.1) is 6.61 Å². The van der Waals surface area contributed by atoms with Crippen LogP contribution in [0.25, 0.3) is 0 Å². The molecule has 3 nitrogen and oxygen atoms in total. The van der Waals surface area contributed by atoms with Crippen molar-refractivity contribution in [3.63, 3.8) is 0 Å². The van der Waals surface area contributed by atoms with Crippen molar-refractivity contribution >= 4 is 5.78 Å². The van der Waals surface area contributed by atoms with Crippen LogP contribution >= 0.6 is 0 Å². The molecule has 0 amide bonds. The summed E-state index contributed by atoms with van der Waals surface area (Å²) in [5.41, 5.74) is -0.596. The molecule has 1 aliphatic heterocycles. The molecule has 0 saturated heterocycles. The van der Waals surface area contributed by atoms with Crippen molar-refractivity contribution in [2.24, 2.45) is 0 Å². The molecule has 0 spiro atoms. The minimum atomic E-state index is -0.596. The van der Waals surface area contributed by atoms with E-state index in [4.69, 9.17) is 9.47 Å². The fourth-order valence-corrected chi connectivity index (χ4v) is 2.81. The zero-order chi connectivity index (χ0) is 12.1. The van der Waals surface area contributed by atoms with Crippen molar-refractivity contribution in [2.45, 2.75) is 57.5 Å². The summed E-state index contributed by atoms with van der Waals surface area (Å²) in [7, 11) is 0. The molecule has 2 aliphatic rings. The van der Waals surface area contributed by atoms with Crippen molar-refractivity contribution in [3.05, 3.63) is 11.8 Å². The molecule has 0 radical (unpaired) electrons. The number of ether oxygens (including phenoxy) is 2. The van der Waals surface area contributed by atoms with Crippen molar-refractivity contribution in [2.75, 3.05) is 13.2 Å². The smallest absolute Gasteiger partial charge is 0.228 e. The maximum Gasteiger partial charge on any atom is 0.228 e. The Bertz CT molecular complexity index is 299. The van der Waals surface area contributed by atoms with Crippen molar-refractivity contribution in [1.82, 2.24) is 0 Å². The van der Waals surface area contributed by atoms with Gasteiger partial charge in [0, 0.05) is 13.0 Å². The molecule has 0 aromatic heterocycles. The molecule has 0 N–H and O–H groups in total. The zero-order valence-corrected chi connectivity index (χ0v) is 10.7. The van der Waals surface area contributed by atoms with E-state index >= 15 is 0 Å². The van der Waals surface area contributed by atoms with Crippen molar-refractivity contribution in [3.8, 4) is 0 Å². The van der Waals surface area contributed by atoms with Gasteiger partial charge in [-0.1, -0.05) is 25.7 Å². The molecule has 1 aliphatic carbocycles. The van der Waals surface area contributed by atoms with E-state index < -0.39 is 5.60 Å². The highest BCUT2D eigenvalue weighted by molar-refractivity contribution is 6.00. The van der Waals surface area contributed by atoms with E-state index in [9.17, 15) is 4.79 Å². The second kappa shape index (κ2) is 5.67. The van der Waals surface area contributed by atoms with Gasteiger partial charge in [0.1, 0.15) is 5.60 Å². The van der Waals surface area contributed by atoms with Crippen LogP contribution in [-0.2, 0) is 14.3 Å². The van der Waals surface area contributed by atoms with Crippen molar-refractivity contribution < 1.29 is 14.3 Å². The number of carbonyl (C=O) groups excluding carboxylic acids is 1. The van der Waals surface area contributed by atoms with Crippen LogP contribution < -0.4 is 0 Å². The largest absolute Gasteiger partial charge is 0.490 e. The van der Waals surface area contributed by atoms with Gasteiger partial charge in [-0.3, -0.25) is 4.79 Å². The number of rotatable bonds is 4. The Morgan fingerprint density at radius 3 is 2.59 bits per heavy atom. The summed E-state index contributed by atoms with van der Waals surface area (Å²) < 4.78 is 11.3. The topological polar surface area (TPSA) is 35.5 Å². The minimum absolute atomic E-state index is 0.0822. The molecule has 1 fully saturated rings. The molecule has 0 aromatic rings. The molecular formula is C14H22O3. The lowest BCUT2D eigenvalue weighted by Gasteiger charge is -2.31. The normalized spacial score (nSPS) is 23.7. The van der Waals surface area contributed by atoms with Gasteiger partial charge >= 0.3 is 0 Å². The molecule has 0 atom stereocenters. The lowest BCUT2D eigenvalue weighted by atomic mass is 9.88. The van der Waals surface area contributed by atoms with E-state index in [0.717, 1.165) is 32.1 Å². The van der Waals surface area contributed by atoms with Crippen molar-refractivity contribution in [1.29, 1.82) is 0 Å². The van der Waals surface area contributed by atoms with Gasteiger partial charge < -0.3 is 9.47 Å². The van der Waals surface area contributed by atoms with Crippen LogP contribution in [0, 0.1) is 0 Å². The van der Waals surface area contributed by atoms with Crippen LogP contribution in [0.3, 0.4) is 0 Å². The van der Waals surface area contributed by atoms with E-state index in [-0.39, 0.29) is 5.78 Å². The Kier molecular flexibility index (Phi) is 4.21. The summed E-state index contributed by atoms with van der Waals surface area (Å²) in [6.07, 6.45) is 9.04. The first-order chi connectivity index (χ1) is 8.28. The Balaban J connectivity index is 2.16. The number of Topliss-reactive ketones (excluding diaryl/α,β-unsaturated/α-hetero) is 1. The summed E-state index contributed by atoms with van der Waals surface area (Å²) in [5.74, 6) is 0.624. The average Bonchev–Trinajstić information content (AvgIpc) is 2.76. The average molecular weight is 238 g/mol. The van der Waals surface area contributed by atoms with Gasteiger partial charge in [0.15, 0.2) is 5.76 Å². The molecule has 0 bridgehead atoms. The molecule has 3 heteroatoms. The first kappa shape index (κ1) is 12.6. The zero-order valence-electron chi connectivity index (χ0n) is 10.7. The molecule has 1 heterocycles. The summed E-state index contributed by atoms with van der Waals surface area (Å²) in [6, 6.07) is 0. The minimum Gasteiger partial charge on any atom is -0.490 e. The van der Waals surface area contributed by atoms with E-state index in [1.807, 2.05) is 13.0 Å². The van der Waals surface area contributed by atoms with Gasteiger partial charge in [0.2, 0.25) is 5.78 Å². The highest BCUT2D eigenvalue weighted by Crippen LogP contribution is 2.34. The monoisotopic (exact) mass is 238 g/mol. The second-order valence-corrected chi connectivity index (χ2v) is 4.88. The van der Waals surface area contributed by atoms with Gasteiger partial charge in [-0.15, -0.1) is 0 Å². The molecular weight excluding hydrogens is 216 g/mol. The van der Waals surface area contributed by atoms with Crippen LogP contribution in [0.1, 0.15) is 51.9 Å². The number of carbonyl (C=O) groups is 1. The predicted octanol–water partition coefficient (Wildman–Crippen LogP) is 2.99. The van der Waals surface area contributed by atoms with E-state index in [0.29, 0.717) is 19.0 Å². The lowest BCUT2D eigenvalue weighted by molar-refractivity contribution is -0.145. The Labute approximate surface area is 103 Å². The fourth-order valence-electron chi connectivity index (χ4n) is 2.81. The maximum absolute atomic E-state index is 12.5. The molecule has 1 saturated carbocycles. The Morgan fingerprint density at radius 2 is 2.06 bits per heavy atom. The molecule has 0 unspecified atom stereocenters. The third kappa shape index (κ3) is 2.71. The van der Waals surface area contributed by atoms with E-state index in [1.165, 1.54) is 12.8 Å². The summed E-state index contributed by atoms with van der Waals surface area (Å²) >= 11 is 0. The first-order valence-electron chi connectivity index (χ1n) is 6.80. The molecule has 17 heavy (non-hydrogen) atoms.